The molecular formula is C14H19BrOS. The van der Waals surface area contributed by atoms with Crippen LogP contribution < -0.4 is 0 Å². The van der Waals surface area contributed by atoms with Crippen LogP contribution in [0.4, 0.5) is 0 Å². The first kappa shape index (κ1) is 13.4. The molecule has 3 heteroatoms. The van der Waals surface area contributed by atoms with Crippen LogP contribution in [-0.4, -0.2) is 22.2 Å². The molecule has 1 atom stereocenters. The fraction of sp³-hybridized carbons (Fsp3) is 0.571. The van der Waals surface area contributed by atoms with E-state index < -0.39 is 5.60 Å². The smallest absolute Gasteiger partial charge is 0.0783 e. The number of aliphatic hydroxyl groups is 1. The number of benzene rings is 1. The van der Waals surface area contributed by atoms with E-state index in [-0.39, 0.29) is 5.41 Å². The van der Waals surface area contributed by atoms with E-state index in [9.17, 15) is 5.11 Å². The van der Waals surface area contributed by atoms with Gasteiger partial charge in [-0.2, -0.15) is 11.8 Å². The maximum Gasteiger partial charge on any atom is 0.0783 e. The molecule has 0 saturated carbocycles. The van der Waals surface area contributed by atoms with E-state index in [0.717, 1.165) is 28.8 Å². The molecule has 17 heavy (non-hydrogen) atoms. The molecule has 1 heterocycles. The molecule has 1 unspecified atom stereocenters. The average molecular weight is 315 g/mol. The summed E-state index contributed by atoms with van der Waals surface area (Å²) in [6, 6.07) is 8.18. The largest absolute Gasteiger partial charge is 0.389 e. The summed E-state index contributed by atoms with van der Waals surface area (Å²) in [5.41, 5.74) is 0.878. The Morgan fingerprint density at radius 2 is 2.00 bits per heavy atom. The van der Waals surface area contributed by atoms with Crippen LogP contribution in [0, 0.1) is 5.41 Å². The van der Waals surface area contributed by atoms with Crippen molar-refractivity contribution in [2.24, 2.45) is 5.41 Å². The van der Waals surface area contributed by atoms with Crippen LogP contribution in [0.3, 0.4) is 0 Å². The van der Waals surface area contributed by atoms with Crippen molar-refractivity contribution in [3.05, 3.63) is 34.3 Å². The van der Waals surface area contributed by atoms with Gasteiger partial charge in [-0.05, 0) is 29.2 Å². The Kier molecular flexibility index (Phi) is 3.91. The second-order valence-corrected chi connectivity index (χ2v) is 7.67. The van der Waals surface area contributed by atoms with Gasteiger partial charge in [0.05, 0.1) is 5.60 Å². The van der Waals surface area contributed by atoms with Crippen LogP contribution in [0.15, 0.2) is 28.7 Å². The summed E-state index contributed by atoms with van der Waals surface area (Å²) in [5.74, 6) is 1.99. The first-order chi connectivity index (χ1) is 7.90. The van der Waals surface area contributed by atoms with Gasteiger partial charge >= 0.3 is 0 Å². The van der Waals surface area contributed by atoms with Crippen molar-refractivity contribution in [2.45, 2.75) is 32.3 Å². The minimum Gasteiger partial charge on any atom is -0.389 e. The van der Waals surface area contributed by atoms with Gasteiger partial charge in [0.15, 0.2) is 0 Å². The molecule has 0 radical (unpaired) electrons. The zero-order valence-electron chi connectivity index (χ0n) is 10.4. The molecular weight excluding hydrogens is 296 g/mol. The molecule has 2 rings (SSSR count). The van der Waals surface area contributed by atoms with Crippen LogP contribution in [0.5, 0.6) is 0 Å². The second kappa shape index (κ2) is 4.94. The minimum atomic E-state index is -0.559. The van der Waals surface area contributed by atoms with Gasteiger partial charge < -0.3 is 5.11 Å². The highest BCUT2D eigenvalue weighted by molar-refractivity contribution is 9.10. The molecule has 0 bridgehead atoms. The fourth-order valence-corrected chi connectivity index (χ4v) is 4.39. The Hall–Kier alpha value is 0.01000. The lowest BCUT2D eigenvalue weighted by Gasteiger charge is -2.41. The molecule has 1 aromatic carbocycles. The van der Waals surface area contributed by atoms with Crippen LogP contribution in [-0.2, 0) is 6.42 Å². The van der Waals surface area contributed by atoms with Crippen molar-refractivity contribution >= 4 is 27.7 Å². The van der Waals surface area contributed by atoms with Gasteiger partial charge in [0.1, 0.15) is 0 Å². The first-order valence-corrected chi connectivity index (χ1v) is 7.89. The third kappa shape index (κ3) is 3.49. The first-order valence-electron chi connectivity index (χ1n) is 5.94. The number of thioether (sulfide) groups is 1. The normalized spacial score (nSPS) is 28.0. The van der Waals surface area contributed by atoms with Gasteiger partial charge in [-0.1, -0.05) is 48.0 Å². The lowest BCUT2D eigenvalue weighted by Crippen LogP contribution is -2.44. The van der Waals surface area contributed by atoms with Gasteiger partial charge in [-0.15, -0.1) is 0 Å². The van der Waals surface area contributed by atoms with E-state index >= 15 is 0 Å². The van der Waals surface area contributed by atoms with Crippen LogP contribution in [0.1, 0.15) is 25.8 Å². The fourth-order valence-electron chi connectivity index (χ4n) is 2.62. The summed E-state index contributed by atoms with van der Waals surface area (Å²) in [5, 5.41) is 10.7. The maximum absolute atomic E-state index is 10.7. The lowest BCUT2D eigenvalue weighted by atomic mass is 9.79. The average Bonchev–Trinajstić information content (AvgIpc) is 2.19. The third-order valence-corrected chi connectivity index (χ3v) is 5.65. The molecule has 1 aliphatic heterocycles. The predicted octanol–water partition coefficient (Wildman–Crippen LogP) is 3.89. The van der Waals surface area contributed by atoms with Gasteiger partial charge in [0.2, 0.25) is 0 Å². The number of hydrogen-bond donors (Lipinski definition) is 1. The van der Waals surface area contributed by atoms with Crippen LogP contribution >= 0.6 is 27.7 Å². The maximum atomic E-state index is 10.7. The van der Waals surface area contributed by atoms with E-state index in [4.69, 9.17) is 0 Å². The highest BCUT2D eigenvalue weighted by atomic mass is 79.9. The number of halogens is 1. The number of hydrogen-bond acceptors (Lipinski definition) is 2. The zero-order valence-corrected chi connectivity index (χ0v) is 12.8. The summed E-state index contributed by atoms with van der Waals surface area (Å²) in [7, 11) is 0. The predicted molar refractivity (Wildman–Crippen MR) is 78.5 cm³/mol. The molecule has 1 nitrogen and oxygen atoms in total. The van der Waals surface area contributed by atoms with Crippen molar-refractivity contribution in [3.8, 4) is 0 Å². The molecule has 0 spiro atoms. The highest BCUT2D eigenvalue weighted by Gasteiger charge is 2.39. The van der Waals surface area contributed by atoms with Crippen molar-refractivity contribution < 1.29 is 5.11 Å². The van der Waals surface area contributed by atoms with Gasteiger partial charge in [0.25, 0.3) is 0 Å². The Morgan fingerprint density at radius 1 is 1.29 bits per heavy atom. The molecule has 0 aromatic heterocycles. The highest BCUT2D eigenvalue weighted by Crippen LogP contribution is 2.41. The lowest BCUT2D eigenvalue weighted by molar-refractivity contribution is 0.0199. The molecule has 0 amide bonds. The Morgan fingerprint density at radius 3 is 2.65 bits per heavy atom. The van der Waals surface area contributed by atoms with Gasteiger partial charge in [-0.25, -0.2) is 0 Å². The van der Waals surface area contributed by atoms with E-state index in [0.29, 0.717) is 0 Å². The minimum absolute atomic E-state index is 0.235. The van der Waals surface area contributed by atoms with Crippen LogP contribution in [0.2, 0.25) is 0 Å². The van der Waals surface area contributed by atoms with Gasteiger partial charge in [-0.3, -0.25) is 0 Å². The topological polar surface area (TPSA) is 20.2 Å². The summed E-state index contributed by atoms with van der Waals surface area (Å²) in [6.07, 6.45) is 1.62. The van der Waals surface area contributed by atoms with Crippen molar-refractivity contribution in [1.29, 1.82) is 0 Å². The summed E-state index contributed by atoms with van der Waals surface area (Å²) < 4.78 is 1.10. The van der Waals surface area contributed by atoms with E-state index in [1.165, 1.54) is 5.56 Å². The summed E-state index contributed by atoms with van der Waals surface area (Å²) in [6.45, 7) is 4.48. The number of rotatable bonds is 2. The van der Waals surface area contributed by atoms with E-state index in [1.807, 2.05) is 30.0 Å². The molecule has 1 N–H and O–H groups in total. The molecule has 0 aliphatic carbocycles. The zero-order chi connectivity index (χ0) is 12.5. The van der Waals surface area contributed by atoms with E-state index in [2.05, 4.69) is 35.8 Å². The van der Waals surface area contributed by atoms with Gasteiger partial charge in [0, 0.05) is 16.6 Å². The molecule has 94 valence electrons. The monoisotopic (exact) mass is 314 g/mol. The Labute approximate surface area is 116 Å². The summed E-state index contributed by atoms with van der Waals surface area (Å²) in [4.78, 5) is 0. The standard InChI is InChI=1S/C14H19BrOS/c1-13(2)8-14(16,10-17-9-13)7-11-5-3-4-6-12(11)15/h3-6,16H,7-10H2,1-2H3. The molecule has 1 saturated heterocycles. The Balaban J connectivity index is 2.15. The molecule has 1 aliphatic rings. The van der Waals surface area contributed by atoms with Crippen molar-refractivity contribution in [1.82, 2.24) is 0 Å². The quantitative estimate of drug-likeness (QED) is 0.893. The van der Waals surface area contributed by atoms with Crippen molar-refractivity contribution in [2.75, 3.05) is 11.5 Å². The van der Waals surface area contributed by atoms with E-state index in [1.54, 1.807) is 0 Å². The SMILES string of the molecule is CC1(C)CSCC(O)(Cc2ccccc2Br)C1. The van der Waals surface area contributed by atoms with Crippen molar-refractivity contribution in [3.63, 3.8) is 0 Å². The third-order valence-electron chi connectivity index (χ3n) is 3.15. The second-order valence-electron chi connectivity index (χ2n) is 5.83. The Bertz CT molecular complexity index is 405. The van der Waals surface area contributed by atoms with Crippen LogP contribution in [0.25, 0.3) is 0 Å². The molecule has 1 aromatic rings. The summed E-state index contributed by atoms with van der Waals surface area (Å²) >= 11 is 5.43. The molecule has 1 fully saturated rings.